The molecule has 3 atom stereocenters. The molecule has 10 heteroatoms. The second kappa shape index (κ2) is 13.2. The molecule has 0 aliphatic carbocycles. The molecular weight excluding hydrogens is 516 g/mol. The Bertz CT molecular complexity index is 1120. The van der Waals surface area contributed by atoms with Crippen molar-refractivity contribution >= 4 is 11.9 Å². The third kappa shape index (κ3) is 7.45. The van der Waals surface area contributed by atoms with Crippen LogP contribution in [0.1, 0.15) is 66.8 Å². The predicted molar refractivity (Wildman–Crippen MR) is 144 cm³/mol. The minimum Gasteiger partial charge on any atom is -0.481 e. The van der Waals surface area contributed by atoms with E-state index in [4.69, 9.17) is 24.1 Å². The number of amides is 1. The summed E-state index contributed by atoms with van der Waals surface area (Å²) in [5.74, 6) is -1.70. The molecule has 216 valence electrons. The topological polar surface area (TPSA) is 127 Å². The first-order chi connectivity index (χ1) is 19.4. The van der Waals surface area contributed by atoms with Crippen LogP contribution >= 0.6 is 0 Å². The van der Waals surface area contributed by atoms with Crippen LogP contribution in [0.5, 0.6) is 0 Å². The Morgan fingerprint density at radius 1 is 0.900 bits per heavy atom. The number of carboxylic acids is 1. The van der Waals surface area contributed by atoms with E-state index in [0.717, 1.165) is 54.7 Å². The molecule has 3 saturated heterocycles. The van der Waals surface area contributed by atoms with Gasteiger partial charge in [-0.25, -0.2) is 0 Å². The van der Waals surface area contributed by atoms with Gasteiger partial charge in [-0.05, 0) is 16.7 Å². The molecule has 0 radical (unpaired) electrons. The third-order valence-corrected chi connectivity index (χ3v) is 7.82. The predicted octanol–water partition coefficient (Wildman–Crippen LogP) is 3.04. The molecule has 0 saturated carbocycles. The first-order valence-electron chi connectivity index (χ1n) is 14.0. The smallest absolute Gasteiger partial charge is 0.303 e. The highest BCUT2D eigenvalue weighted by Crippen LogP contribution is 2.39. The Balaban J connectivity index is 1.23. The van der Waals surface area contributed by atoms with Gasteiger partial charge in [0.25, 0.3) is 0 Å². The molecule has 3 heterocycles. The Kier molecular flexibility index (Phi) is 9.46. The molecule has 0 bridgehead atoms. The second-order valence-corrected chi connectivity index (χ2v) is 10.7. The van der Waals surface area contributed by atoms with E-state index in [1.54, 1.807) is 0 Å². The number of aliphatic hydroxyl groups is 1. The molecule has 3 aliphatic heterocycles. The largest absolute Gasteiger partial charge is 0.481 e. The SMILES string of the molecule is O=C(O)CCC(=O)NCc1ccc(C2OC(CN3CCC4(CC3)OCCO4)CC(c3ccc(CO)cc3)O2)cc1. The van der Waals surface area contributed by atoms with E-state index in [0.29, 0.717) is 26.2 Å². The Morgan fingerprint density at radius 2 is 1.55 bits per heavy atom. The number of carbonyl (C=O) groups excluding carboxylic acids is 1. The van der Waals surface area contributed by atoms with Crippen LogP contribution in [0.2, 0.25) is 0 Å². The molecule has 10 nitrogen and oxygen atoms in total. The summed E-state index contributed by atoms with van der Waals surface area (Å²) in [5.41, 5.74) is 3.68. The van der Waals surface area contributed by atoms with E-state index in [-0.39, 0.29) is 37.6 Å². The zero-order chi connectivity index (χ0) is 28.0. The van der Waals surface area contributed by atoms with Crippen LogP contribution in [0.4, 0.5) is 0 Å². The number of aliphatic carboxylic acids is 1. The van der Waals surface area contributed by atoms with Gasteiger partial charge in [0.1, 0.15) is 0 Å². The van der Waals surface area contributed by atoms with E-state index >= 15 is 0 Å². The summed E-state index contributed by atoms with van der Waals surface area (Å²) in [5, 5.41) is 20.9. The zero-order valence-corrected chi connectivity index (χ0v) is 22.6. The number of hydrogen-bond acceptors (Lipinski definition) is 8. The van der Waals surface area contributed by atoms with Gasteiger partial charge in [0.15, 0.2) is 12.1 Å². The summed E-state index contributed by atoms with van der Waals surface area (Å²) in [6.07, 6.45) is 1.40. The highest BCUT2D eigenvalue weighted by molar-refractivity contribution is 5.80. The van der Waals surface area contributed by atoms with Gasteiger partial charge in [-0.1, -0.05) is 48.5 Å². The van der Waals surface area contributed by atoms with E-state index in [9.17, 15) is 14.7 Å². The maximum Gasteiger partial charge on any atom is 0.303 e. The molecule has 3 fully saturated rings. The standard InChI is InChI=1S/C30H38N2O8/c33-20-22-3-5-23(6-4-22)26-17-25(19-32-13-11-30(12-14-32)37-15-16-38-30)39-29(40-26)24-7-1-21(2-8-24)18-31-27(34)9-10-28(35)36/h1-8,25-26,29,33H,9-20H2,(H,31,34)(H,35,36). The summed E-state index contributed by atoms with van der Waals surface area (Å²) in [6.45, 7) is 4.19. The quantitative estimate of drug-likeness (QED) is 0.406. The van der Waals surface area contributed by atoms with Crippen molar-refractivity contribution in [2.24, 2.45) is 0 Å². The number of likely N-dealkylation sites (tertiary alicyclic amines) is 1. The van der Waals surface area contributed by atoms with Crippen molar-refractivity contribution in [3.8, 4) is 0 Å². The monoisotopic (exact) mass is 554 g/mol. The molecule has 2 aromatic rings. The Hall–Kier alpha value is -2.86. The molecule has 3 aliphatic rings. The summed E-state index contributed by atoms with van der Waals surface area (Å²) < 4.78 is 24.7. The number of piperidine rings is 1. The number of benzene rings is 2. The van der Waals surface area contributed by atoms with Crippen LogP contribution in [-0.4, -0.2) is 71.7 Å². The lowest BCUT2D eigenvalue weighted by Crippen LogP contribution is -2.48. The molecule has 3 unspecified atom stereocenters. The molecule has 5 rings (SSSR count). The number of nitrogens with one attached hydrogen (secondary N) is 1. The highest BCUT2D eigenvalue weighted by atomic mass is 16.7. The third-order valence-electron chi connectivity index (χ3n) is 7.82. The van der Waals surface area contributed by atoms with Crippen LogP contribution in [0, 0.1) is 0 Å². The number of ether oxygens (including phenoxy) is 4. The lowest BCUT2D eigenvalue weighted by Gasteiger charge is -2.41. The van der Waals surface area contributed by atoms with Crippen molar-refractivity contribution in [2.75, 3.05) is 32.8 Å². The molecule has 0 aromatic heterocycles. The number of carbonyl (C=O) groups is 2. The fourth-order valence-electron chi connectivity index (χ4n) is 5.49. The molecule has 2 aromatic carbocycles. The van der Waals surface area contributed by atoms with Crippen LogP contribution < -0.4 is 5.32 Å². The van der Waals surface area contributed by atoms with Crippen molar-refractivity contribution in [3.63, 3.8) is 0 Å². The second-order valence-electron chi connectivity index (χ2n) is 10.7. The average molecular weight is 555 g/mol. The lowest BCUT2D eigenvalue weighted by molar-refractivity contribution is -0.255. The maximum absolute atomic E-state index is 11.9. The number of carboxylic acid groups (broad SMARTS) is 1. The normalized spacial score (nSPS) is 24.7. The molecule has 1 amide bonds. The number of nitrogens with zero attached hydrogens (tertiary/aromatic N) is 1. The molecule has 1 spiro atoms. The summed E-state index contributed by atoms with van der Waals surface area (Å²) >= 11 is 0. The number of aliphatic hydroxyl groups excluding tert-OH is 1. The summed E-state index contributed by atoms with van der Waals surface area (Å²) in [7, 11) is 0. The van der Waals surface area contributed by atoms with Crippen molar-refractivity contribution in [2.45, 2.75) is 69.5 Å². The lowest BCUT2D eigenvalue weighted by atomic mass is 9.98. The van der Waals surface area contributed by atoms with Gasteiger partial charge >= 0.3 is 5.97 Å². The van der Waals surface area contributed by atoms with E-state index in [1.807, 2.05) is 48.5 Å². The number of hydrogen-bond donors (Lipinski definition) is 3. The van der Waals surface area contributed by atoms with Gasteiger partial charge < -0.3 is 39.4 Å². The molecule has 3 N–H and O–H groups in total. The van der Waals surface area contributed by atoms with Gasteiger partial charge in [0.05, 0.1) is 38.4 Å². The number of rotatable bonds is 10. The van der Waals surface area contributed by atoms with E-state index in [2.05, 4.69) is 10.2 Å². The fraction of sp³-hybridized carbons (Fsp3) is 0.533. The van der Waals surface area contributed by atoms with Crippen molar-refractivity contribution in [1.29, 1.82) is 0 Å². The maximum atomic E-state index is 11.9. The van der Waals surface area contributed by atoms with E-state index in [1.165, 1.54) is 0 Å². The van der Waals surface area contributed by atoms with E-state index < -0.39 is 18.0 Å². The van der Waals surface area contributed by atoms with Crippen LogP contribution in [0.3, 0.4) is 0 Å². The first-order valence-corrected chi connectivity index (χ1v) is 14.0. The Morgan fingerprint density at radius 3 is 2.20 bits per heavy atom. The summed E-state index contributed by atoms with van der Waals surface area (Å²) in [6, 6.07) is 15.6. The fourth-order valence-corrected chi connectivity index (χ4v) is 5.49. The van der Waals surface area contributed by atoms with Crippen molar-refractivity contribution in [3.05, 3.63) is 70.8 Å². The van der Waals surface area contributed by atoms with Crippen LogP contribution in [0.25, 0.3) is 0 Å². The first kappa shape index (κ1) is 28.7. The van der Waals surface area contributed by atoms with Gasteiger partial charge in [-0.15, -0.1) is 0 Å². The minimum absolute atomic E-state index is 0.00356. The van der Waals surface area contributed by atoms with Crippen molar-refractivity contribution < 1.29 is 38.7 Å². The van der Waals surface area contributed by atoms with Gasteiger partial charge in [-0.2, -0.15) is 0 Å². The Labute approximate surface area is 234 Å². The zero-order valence-electron chi connectivity index (χ0n) is 22.6. The summed E-state index contributed by atoms with van der Waals surface area (Å²) in [4.78, 5) is 25.0. The van der Waals surface area contributed by atoms with Gasteiger partial charge in [0, 0.05) is 57.4 Å². The van der Waals surface area contributed by atoms with Crippen LogP contribution in [-0.2, 0) is 41.7 Å². The highest BCUT2D eigenvalue weighted by Gasteiger charge is 2.41. The molecule has 40 heavy (non-hydrogen) atoms. The van der Waals surface area contributed by atoms with Crippen molar-refractivity contribution in [1.82, 2.24) is 10.2 Å². The van der Waals surface area contributed by atoms with Gasteiger partial charge in [-0.3, -0.25) is 9.59 Å². The molecular formula is C30H38N2O8. The van der Waals surface area contributed by atoms with Gasteiger partial charge in [0.2, 0.25) is 5.91 Å². The average Bonchev–Trinajstić information content (AvgIpc) is 3.44. The van der Waals surface area contributed by atoms with Crippen LogP contribution in [0.15, 0.2) is 48.5 Å². The minimum atomic E-state index is -0.992.